The largest absolute Gasteiger partial charge is 0.348 e. The van der Waals surface area contributed by atoms with Crippen LogP contribution in [0.1, 0.15) is 77.9 Å². The smallest absolute Gasteiger partial charge is 0.261 e. The maximum Gasteiger partial charge on any atom is 0.261 e. The topological polar surface area (TPSA) is 108 Å². The van der Waals surface area contributed by atoms with Crippen molar-refractivity contribution in [3.8, 4) is 0 Å². The number of carbonyl (C=O) groups is 3. The van der Waals surface area contributed by atoms with E-state index in [1.807, 2.05) is 38.1 Å². The fraction of sp³-hybridized carbons (Fsp3) is 0.440. The minimum absolute atomic E-state index is 0.0390. The van der Waals surface area contributed by atoms with Gasteiger partial charge in [-0.2, -0.15) is 0 Å². The van der Waals surface area contributed by atoms with Crippen LogP contribution in [0.25, 0.3) is 0 Å². The van der Waals surface area contributed by atoms with E-state index in [0.717, 1.165) is 31.2 Å². The number of rotatable bonds is 5. The molecule has 3 N–H and O–H groups in total. The highest BCUT2D eigenvalue weighted by molar-refractivity contribution is 6.02. The van der Waals surface area contributed by atoms with Crippen molar-refractivity contribution in [2.24, 2.45) is 11.3 Å². The summed E-state index contributed by atoms with van der Waals surface area (Å²) in [5.41, 5.74) is 1.73. The van der Waals surface area contributed by atoms with Crippen molar-refractivity contribution < 1.29 is 14.4 Å². The molecule has 0 atom stereocenters. The van der Waals surface area contributed by atoms with E-state index in [9.17, 15) is 19.2 Å². The Morgan fingerprint density at radius 2 is 1.84 bits per heavy atom. The van der Waals surface area contributed by atoms with Crippen LogP contribution in [0.15, 0.2) is 35.1 Å². The number of H-pyrrole nitrogens is 1. The second-order valence-corrected chi connectivity index (χ2v) is 9.70. The Balaban J connectivity index is 1.43. The van der Waals surface area contributed by atoms with Gasteiger partial charge in [0.1, 0.15) is 5.56 Å². The van der Waals surface area contributed by atoms with Gasteiger partial charge in [0.2, 0.25) is 5.91 Å². The molecule has 1 aromatic heterocycles. The zero-order valence-corrected chi connectivity index (χ0v) is 18.5. The van der Waals surface area contributed by atoms with E-state index < -0.39 is 11.5 Å². The van der Waals surface area contributed by atoms with Gasteiger partial charge < -0.3 is 15.6 Å². The van der Waals surface area contributed by atoms with E-state index in [4.69, 9.17) is 0 Å². The first-order chi connectivity index (χ1) is 15.2. The molecule has 168 valence electrons. The first-order valence-electron chi connectivity index (χ1n) is 11.2. The van der Waals surface area contributed by atoms with Crippen LogP contribution in [0.5, 0.6) is 0 Å². The number of Topliss-reactive ketones (excluding diaryl/α,β-unsaturated/α-hetero) is 1. The minimum atomic E-state index is -0.535. The van der Waals surface area contributed by atoms with Gasteiger partial charge in [0.25, 0.3) is 11.5 Å². The number of anilines is 1. The van der Waals surface area contributed by atoms with Gasteiger partial charge in [-0.25, -0.2) is 0 Å². The molecule has 0 bridgehead atoms. The van der Waals surface area contributed by atoms with E-state index in [0.29, 0.717) is 29.8 Å². The summed E-state index contributed by atoms with van der Waals surface area (Å²) in [6.07, 6.45) is 5.01. The van der Waals surface area contributed by atoms with E-state index in [1.54, 1.807) is 0 Å². The fourth-order valence-electron chi connectivity index (χ4n) is 4.67. The molecule has 0 aliphatic heterocycles. The molecule has 2 amide bonds. The molecule has 2 aromatic rings. The second kappa shape index (κ2) is 8.73. The van der Waals surface area contributed by atoms with Crippen molar-refractivity contribution in [1.82, 2.24) is 10.3 Å². The van der Waals surface area contributed by atoms with Gasteiger partial charge in [-0.3, -0.25) is 19.2 Å². The summed E-state index contributed by atoms with van der Waals surface area (Å²) in [5.74, 6) is -0.487. The number of carbonyl (C=O) groups excluding carboxylic acids is 3. The van der Waals surface area contributed by atoms with Crippen LogP contribution in [-0.2, 0) is 17.8 Å². The molecule has 1 heterocycles. The number of aromatic nitrogens is 1. The van der Waals surface area contributed by atoms with Gasteiger partial charge in [-0.05, 0) is 48.4 Å². The van der Waals surface area contributed by atoms with Crippen LogP contribution in [0.4, 0.5) is 5.69 Å². The lowest BCUT2D eigenvalue weighted by Gasteiger charge is -2.29. The SMILES string of the molecule is CC1(C)CC(=O)c2cc(C(=O)NCc3cccc(NC(=O)C4CCCC4)c3)c(=O)[nH]c2C1. The molecule has 7 heteroatoms. The van der Waals surface area contributed by atoms with Crippen LogP contribution in [0.2, 0.25) is 0 Å². The highest BCUT2D eigenvalue weighted by atomic mass is 16.2. The van der Waals surface area contributed by atoms with Crippen LogP contribution in [0.3, 0.4) is 0 Å². The monoisotopic (exact) mass is 435 g/mol. The van der Waals surface area contributed by atoms with Gasteiger partial charge in [-0.15, -0.1) is 0 Å². The van der Waals surface area contributed by atoms with Gasteiger partial charge in [-0.1, -0.05) is 38.8 Å². The number of benzene rings is 1. The first kappa shape index (κ1) is 22.0. The summed E-state index contributed by atoms with van der Waals surface area (Å²) >= 11 is 0. The summed E-state index contributed by atoms with van der Waals surface area (Å²) < 4.78 is 0. The molecule has 2 aliphatic rings. The number of amides is 2. The van der Waals surface area contributed by atoms with E-state index in [2.05, 4.69) is 15.6 Å². The summed E-state index contributed by atoms with van der Waals surface area (Å²) in [7, 11) is 0. The Labute approximate surface area is 187 Å². The molecule has 0 spiro atoms. The number of hydrogen-bond donors (Lipinski definition) is 3. The zero-order chi connectivity index (χ0) is 22.9. The quantitative estimate of drug-likeness (QED) is 0.667. The number of pyridine rings is 1. The van der Waals surface area contributed by atoms with Crippen molar-refractivity contribution in [2.45, 2.75) is 58.9 Å². The van der Waals surface area contributed by atoms with E-state index in [1.165, 1.54) is 6.07 Å². The Morgan fingerprint density at radius 3 is 2.59 bits per heavy atom. The van der Waals surface area contributed by atoms with Crippen molar-refractivity contribution in [2.75, 3.05) is 5.32 Å². The molecular formula is C25H29N3O4. The molecule has 0 saturated heterocycles. The number of hydrogen-bond acceptors (Lipinski definition) is 4. The number of fused-ring (bicyclic) bond motifs is 1. The Bertz CT molecular complexity index is 1130. The van der Waals surface area contributed by atoms with Crippen molar-refractivity contribution in [3.05, 3.63) is 63.1 Å². The number of nitrogens with one attached hydrogen (secondary N) is 3. The highest BCUT2D eigenvalue weighted by Crippen LogP contribution is 2.33. The van der Waals surface area contributed by atoms with E-state index in [-0.39, 0.29) is 35.1 Å². The molecule has 0 radical (unpaired) electrons. The summed E-state index contributed by atoms with van der Waals surface area (Å²) in [6.45, 7) is 4.16. The molecule has 1 fully saturated rings. The Morgan fingerprint density at radius 1 is 1.09 bits per heavy atom. The van der Waals surface area contributed by atoms with Crippen LogP contribution in [-0.4, -0.2) is 22.6 Å². The maximum absolute atomic E-state index is 12.7. The molecule has 1 aromatic carbocycles. The third-order valence-corrected chi connectivity index (χ3v) is 6.34. The van der Waals surface area contributed by atoms with Gasteiger partial charge in [0.15, 0.2) is 5.78 Å². The summed E-state index contributed by atoms with van der Waals surface area (Å²) in [4.78, 5) is 52.8. The number of ketones is 1. The lowest BCUT2D eigenvalue weighted by atomic mass is 9.75. The van der Waals surface area contributed by atoms with Crippen molar-refractivity contribution in [3.63, 3.8) is 0 Å². The normalized spacial score (nSPS) is 17.6. The zero-order valence-electron chi connectivity index (χ0n) is 18.5. The summed E-state index contributed by atoms with van der Waals surface area (Å²) in [5, 5.41) is 5.70. The van der Waals surface area contributed by atoms with Crippen molar-refractivity contribution >= 4 is 23.3 Å². The van der Waals surface area contributed by atoms with Crippen molar-refractivity contribution in [1.29, 1.82) is 0 Å². The predicted octanol–water partition coefficient (Wildman–Crippen LogP) is 3.59. The van der Waals surface area contributed by atoms with Crippen LogP contribution < -0.4 is 16.2 Å². The lowest BCUT2D eigenvalue weighted by molar-refractivity contribution is -0.119. The minimum Gasteiger partial charge on any atom is -0.348 e. The lowest BCUT2D eigenvalue weighted by Crippen LogP contribution is -2.34. The average Bonchev–Trinajstić information content (AvgIpc) is 3.26. The molecule has 2 aliphatic carbocycles. The van der Waals surface area contributed by atoms with E-state index >= 15 is 0 Å². The fourth-order valence-corrected chi connectivity index (χ4v) is 4.67. The summed E-state index contributed by atoms with van der Waals surface area (Å²) in [6, 6.07) is 8.71. The van der Waals surface area contributed by atoms with Crippen LogP contribution >= 0.6 is 0 Å². The standard InChI is InChI=1S/C25H29N3O4/c1-25(2)12-20-18(21(29)13-25)11-19(24(32)28-20)23(31)26-14-15-6-5-9-17(10-15)27-22(30)16-7-3-4-8-16/h5-6,9-11,16H,3-4,7-8,12-14H2,1-2H3,(H,26,31)(H,27,30)(H,28,32). The molecular weight excluding hydrogens is 406 g/mol. The molecule has 4 rings (SSSR count). The molecule has 32 heavy (non-hydrogen) atoms. The predicted molar refractivity (Wildman–Crippen MR) is 122 cm³/mol. The third kappa shape index (κ3) is 4.82. The second-order valence-electron chi connectivity index (χ2n) is 9.70. The van der Waals surface area contributed by atoms with Gasteiger partial charge >= 0.3 is 0 Å². The van der Waals surface area contributed by atoms with Gasteiger partial charge in [0, 0.05) is 35.8 Å². The third-order valence-electron chi connectivity index (χ3n) is 6.34. The first-order valence-corrected chi connectivity index (χ1v) is 11.2. The van der Waals surface area contributed by atoms with Crippen LogP contribution in [0, 0.1) is 11.3 Å². The Hall–Kier alpha value is -3.22. The maximum atomic E-state index is 12.7. The number of aromatic amines is 1. The Kier molecular flexibility index (Phi) is 6.00. The molecule has 7 nitrogen and oxygen atoms in total. The van der Waals surface area contributed by atoms with Gasteiger partial charge in [0.05, 0.1) is 0 Å². The molecule has 1 saturated carbocycles. The highest BCUT2D eigenvalue weighted by Gasteiger charge is 2.32. The average molecular weight is 436 g/mol. The molecule has 0 unspecified atom stereocenters.